The summed E-state index contributed by atoms with van der Waals surface area (Å²) in [5.74, 6) is 0.908. The lowest BCUT2D eigenvalue weighted by Gasteiger charge is -2.34. The number of aryl methyl sites for hydroxylation is 1. The summed E-state index contributed by atoms with van der Waals surface area (Å²) in [4.78, 5) is 16.5. The van der Waals surface area contributed by atoms with Gasteiger partial charge in [-0.25, -0.2) is 0 Å². The Morgan fingerprint density at radius 2 is 2.14 bits per heavy atom. The highest BCUT2D eigenvalue weighted by Gasteiger charge is 2.25. The Morgan fingerprint density at radius 1 is 1.32 bits per heavy atom. The molecule has 0 bridgehead atoms. The number of carbonyl (C=O) groups excluding carboxylic acids is 1. The van der Waals surface area contributed by atoms with Gasteiger partial charge in [-0.15, -0.1) is 11.3 Å². The lowest BCUT2D eigenvalue weighted by molar-refractivity contribution is 0.0168. The summed E-state index contributed by atoms with van der Waals surface area (Å²) in [5.41, 5.74) is 1.51. The van der Waals surface area contributed by atoms with E-state index in [1.807, 2.05) is 31.2 Å². The summed E-state index contributed by atoms with van der Waals surface area (Å²) in [6.45, 7) is 5.60. The summed E-state index contributed by atoms with van der Waals surface area (Å²) in [5, 5.41) is 6.04. The van der Waals surface area contributed by atoms with Crippen LogP contribution in [0.15, 0.2) is 40.1 Å². The number of thiophene rings is 1. The quantitative estimate of drug-likeness (QED) is 0.685. The van der Waals surface area contributed by atoms with Gasteiger partial charge in [-0.2, -0.15) is 0 Å². The number of methoxy groups -OCH3 is 1. The predicted octanol–water partition coefficient (Wildman–Crippen LogP) is 3.61. The molecule has 0 aliphatic carbocycles. The number of morpholine rings is 1. The first kappa shape index (κ1) is 19.0. The Balaban J connectivity index is 1.52. The van der Waals surface area contributed by atoms with Gasteiger partial charge in [-0.3, -0.25) is 9.69 Å². The molecule has 0 saturated carbocycles. The van der Waals surface area contributed by atoms with E-state index in [-0.39, 0.29) is 11.9 Å². The molecule has 3 heterocycles. The fraction of sp³-hybridized carbons (Fsp3) is 0.381. The van der Waals surface area contributed by atoms with Crippen molar-refractivity contribution in [2.45, 2.75) is 13.0 Å². The van der Waals surface area contributed by atoms with E-state index in [9.17, 15) is 4.79 Å². The van der Waals surface area contributed by atoms with Crippen LogP contribution < -0.4 is 10.1 Å². The molecular formula is C21H24N2O4S. The highest BCUT2D eigenvalue weighted by Crippen LogP contribution is 2.29. The average Bonchev–Trinajstić information content (AvgIpc) is 3.37. The maximum absolute atomic E-state index is 12.9. The lowest BCUT2D eigenvalue weighted by atomic mass is 10.1. The van der Waals surface area contributed by atoms with Crippen molar-refractivity contribution in [3.8, 4) is 5.75 Å². The third-order valence-electron chi connectivity index (χ3n) is 5.16. The number of hydrogen-bond donors (Lipinski definition) is 1. The second-order valence-electron chi connectivity index (χ2n) is 6.81. The van der Waals surface area contributed by atoms with Crippen LogP contribution in [-0.4, -0.2) is 50.8 Å². The number of nitrogens with zero attached hydrogens (tertiary/aromatic N) is 1. The summed E-state index contributed by atoms with van der Waals surface area (Å²) in [6, 6.07) is 9.87. The van der Waals surface area contributed by atoms with Gasteiger partial charge in [0.2, 0.25) is 0 Å². The number of benzene rings is 1. The van der Waals surface area contributed by atoms with Crippen molar-refractivity contribution in [2.24, 2.45) is 0 Å². The zero-order valence-electron chi connectivity index (χ0n) is 16.1. The Labute approximate surface area is 168 Å². The van der Waals surface area contributed by atoms with E-state index in [1.165, 1.54) is 4.88 Å². The number of furan rings is 1. The van der Waals surface area contributed by atoms with Gasteiger partial charge in [-0.1, -0.05) is 6.07 Å². The van der Waals surface area contributed by atoms with Gasteiger partial charge < -0.3 is 19.2 Å². The normalized spacial score (nSPS) is 16.2. The third kappa shape index (κ3) is 3.78. The number of nitrogens with one attached hydrogen (secondary N) is 1. The van der Waals surface area contributed by atoms with Gasteiger partial charge in [0, 0.05) is 35.5 Å². The highest BCUT2D eigenvalue weighted by molar-refractivity contribution is 7.10. The molecule has 1 aliphatic rings. The fourth-order valence-corrected chi connectivity index (χ4v) is 4.45. The monoisotopic (exact) mass is 400 g/mol. The largest absolute Gasteiger partial charge is 0.497 e. The predicted molar refractivity (Wildman–Crippen MR) is 109 cm³/mol. The molecule has 0 unspecified atom stereocenters. The Bertz CT molecular complexity index is 945. The molecule has 1 fully saturated rings. The topological polar surface area (TPSA) is 63.9 Å². The van der Waals surface area contributed by atoms with Crippen LogP contribution in [0, 0.1) is 6.92 Å². The highest BCUT2D eigenvalue weighted by atomic mass is 32.1. The minimum Gasteiger partial charge on any atom is -0.497 e. The molecule has 1 aliphatic heterocycles. The third-order valence-corrected chi connectivity index (χ3v) is 6.14. The van der Waals surface area contributed by atoms with Crippen molar-refractivity contribution in [3.63, 3.8) is 0 Å². The number of carbonyl (C=O) groups is 1. The summed E-state index contributed by atoms with van der Waals surface area (Å²) in [6.07, 6.45) is 0. The second-order valence-corrected chi connectivity index (χ2v) is 7.79. The van der Waals surface area contributed by atoms with Crippen LogP contribution in [0.5, 0.6) is 5.75 Å². The molecule has 4 rings (SSSR count). The van der Waals surface area contributed by atoms with Gasteiger partial charge in [0.25, 0.3) is 5.91 Å². The first-order chi connectivity index (χ1) is 13.7. The van der Waals surface area contributed by atoms with Gasteiger partial charge in [0.1, 0.15) is 11.3 Å². The molecule has 1 atom stereocenters. The second kappa shape index (κ2) is 8.34. The zero-order valence-corrected chi connectivity index (χ0v) is 16.9. The molecule has 28 heavy (non-hydrogen) atoms. The van der Waals surface area contributed by atoms with Crippen molar-refractivity contribution in [1.82, 2.24) is 10.2 Å². The van der Waals surface area contributed by atoms with Gasteiger partial charge in [-0.05, 0) is 36.6 Å². The Hall–Kier alpha value is -2.35. The van der Waals surface area contributed by atoms with E-state index >= 15 is 0 Å². The number of rotatable bonds is 6. The summed E-state index contributed by atoms with van der Waals surface area (Å²) < 4.78 is 16.6. The van der Waals surface area contributed by atoms with Crippen LogP contribution in [0.4, 0.5) is 0 Å². The smallest absolute Gasteiger partial charge is 0.287 e. The van der Waals surface area contributed by atoms with Crippen LogP contribution in [0.3, 0.4) is 0 Å². The van der Waals surface area contributed by atoms with Crippen molar-refractivity contribution in [1.29, 1.82) is 0 Å². The summed E-state index contributed by atoms with van der Waals surface area (Å²) >= 11 is 1.71. The zero-order chi connectivity index (χ0) is 19.5. The minimum atomic E-state index is -0.192. The van der Waals surface area contributed by atoms with Gasteiger partial charge in [0.05, 0.1) is 26.4 Å². The van der Waals surface area contributed by atoms with E-state index in [0.29, 0.717) is 17.9 Å². The van der Waals surface area contributed by atoms with Crippen molar-refractivity contribution < 1.29 is 18.7 Å². The van der Waals surface area contributed by atoms with Crippen LogP contribution in [-0.2, 0) is 4.74 Å². The van der Waals surface area contributed by atoms with E-state index in [2.05, 4.69) is 21.7 Å². The van der Waals surface area contributed by atoms with E-state index in [1.54, 1.807) is 18.4 Å². The van der Waals surface area contributed by atoms with Crippen molar-refractivity contribution >= 4 is 28.2 Å². The maximum Gasteiger partial charge on any atom is 0.287 e. The number of ether oxygens (including phenoxy) is 2. The molecule has 7 heteroatoms. The maximum atomic E-state index is 12.9. The molecule has 2 aromatic heterocycles. The molecule has 6 nitrogen and oxygen atoms in total. The van der Waals surface area contributed by atoms with Gasteiger partial charge >= 0.3 is 0 Å². The van der Waals surface area contributed by atoms with Crippen LogP contribution in [0.25, 0.3) is 11.0 Å². The van der Waals surface area contributed by atoms with E-state index in [4.69, 9.17) is 13.9 Å². The van der Waals surface area contributed by atoms with E-state index < -0.39 is 0 Å². The Kier molecular flexibility index (Phi) is 5.66. The molecule has 1 N–H and O–H groups in total. The molecule has 3 aromatic rings. The number of hydrogen-bond acceptors (Lipinski definition) is 6. The molecule has 1 saturated heterocycles. The number of amides is 1. The molecule has 0 radical (unpaired) electrons. The van der Waals surface area contributed by atoms with Gasteiger partial charge in [0.15, 0.2) is 5.76 Å². The number of fused-ring (bicyclic) bond motifs is 1. The van der Waals surface area contributed by atoms with Crippen LogP contribution in [0.1, 0.15) is 27.0 Å². The molecule has 148 valence electrons. The van der Waals surface area contributed by atoms with E-state index in [0.717, 1.165) is 43.0 Å². The Morgan fingerprint density at radius 3 is 2.86 bits per heavy atom. The van der Waals surface area contributed by atoms with Crippen molar-refractivity contribution in [3.05, 3.63) is 51.9 Å². The van der Waals surface area contributed by atoms with Crippen LogP contribution >= 0.6 is 11.3 Å². The summed E-state index contributed by atoms with van der Waals surface area (Å²) in [7, 11) is 1.63. The molecule has 1 aromatic carbocycles. The minimum absolute atomic E-state index is 0.137. The standard InChI is InChI=1S/C21H24N2O4S/c1-14-16-12-15(25-2)5-6-18(16)27-20(14)21(24)22-13-17(19-4-3-11-28-19)23-7-9-26-10-8-23/h3-6,11-12,17H,7-10,13H2,1-2H3,(H,22,24)/t17-/m1/s1. The fourth-order valence-electron chi connectivity index (χ4n) is 3.59. The molecular weight excluding hydrogens is 376 g/mol. The van der Waals surface area contributed by atoms with Crippen LogP contribution in [0.2, 0.25) is 0 Å². The average molecular weight is 401 g/mol. The SMILES string of the molecule is COc1ccc2oc(C(=O)NC[C@H](c3cccs3)N3CCOCC3)c(C)c2c1. The first-order valence-corrected chi connectivity index (χ1v) is 10.3. The van der Waals surface area contributed by atoms with Crippen molar-refractivity contribution in [2.75, 3.05) is 40.0 Å². The molecule has 1 amide bonds. The molecule has 0 spiro atoms. The lowest BCUT2D eigenvalue weighted by Crippen LogP contribution is -2.43. The first-order valence-electron chi connectivity index (χ1n) is 9.38.